The van der Waals surface area contributed by atoms with Crippen LogP contribution in [0.1, 0.15) is 21.7 Å². The van der Waals surface area contributed by atoms with Crippen LogP contribution in [0, 0.1) is 6.92 Å². The Hall–Kier alpha value is -1.90. The smallest absolute Gasteiger partial charge is 0.213 e. The van der Waals surface area contributed by atoms with E-state index in [-0.39, 0.29) is 5.78 Å². The van der Waals surface area contributed by atoms with Gasteiger partial charge in [0.1, 0.15) is 5.69 Å². The summed E-state index contributed by atoms with van der Waals surface area (Å²) in [6, 6.07) is 11.0. The fourth-order valence-electron chi connectivity index (χ4n) is 1.41. The maximum absolute atomic E-state index is 11.9. The highest BCUT2D eigenvalue weighted by atomic mass is 16.1. The highest BCUT2D eigenvalue weighted by Gasteiger charge is 2.12. The van der Waals surface area contributed by atoms with Crippen molar-refractivity contribution in [2.24, 2.45) is 7.05 Å². The SMILES string of the molecule is Cc1cc(C(=O)c2ccccc2)nn1C. The van der Waals surface area contributed by atoms with Gasteiger partial charge in [-0.1, -0.05) is 30.3 Å². The molecule has 0 aliphatic heterocycles. The van der Waals surface area contributed by atoms with Gasteiger partial charge in [-0.05, 0) is 13.0 Å². The maximum atomic E-state index is 11.9. The molecule has 0 N–H and O–H groups in total. The zero-order chi connectivity index (χ0) is 10.8. The van der Waals surface area contributed by atoms with Gasteiger partial charge in [0.25, 0.3) is 0 Å². The van der Waals surface area contributed by atoms with Crippen LogP contribution in [0.2, 0.25) is 0 Å². The van der Waals surface area contributed by atoms with E-state index in [1.165, 1.54) is 0 Å². The van der Waals surface area contributed by atoms with Crippen LogP contribution >= 0.6 is 0 Å². The molecule has 1 aromatic carbocycles. The van der Waals surface area contributed by atoms with Gasteiger partial charge >= 0.3 is 0 Å². The molecule has 0 saturated carbocycles. The van der Waals surface area contributed by atoms with E-state index in [2.05, 4.69) is 5.10 Å². The molecule has 76 valence electrons. The molecule has 0 fully saturated rings. The summed E-state index contributed by atoms with van der Waals surface area (Å²) in [6.45, 7) is 1.93. The predicted octanol–water partition coefficient (Wildman–Crippen LogP) is 1.96. The topological polar surface area (TPSA) is 34.9 Å². The van der Waals surface area contributed by atoms with Crippen molar-refractivity contribution >= 4 is 5.78 Å². The van der Waals surface area contributed by atoms with E-state index in [0.717, 1.165) is 5.69 Å². The van der Waals surface area contributed by atoms with E-state index in [4.69, 9.17) is 0 Å². The first-order valence-electron chi connectivity index (χ1n) is 4.79. The van der Waals surface area contributed by atoms with E-state index in [0.29, 0.717) is 11.3 Å². The number of carbonyl (C=O) groups is 1. The molecular formula is C12H12N2O. The van der Waals surface area contributed by atoms with Crippen LogP contribution in [0.5, 0.6) is 0 Å². The van der Waals surface area contributed by atoms with Crippen LogP contribution in [0.4, 0.5) is 0 Å². The van der Waals surface area contributed by atoms with Crippen LogP contribution in [0.25, 0.3) is 0 Å². The Labute approximate surface area is 88.4 Å². The Morgan fingerprint density at radius 2 is 1.93 bits per heavy atom. The molecule has 2 rings (SSSR count). The van der Waals surface area contributed by atoms with E-state index in [1.807, 2.05) is 32.2 Å². The summed E-state index contributed by atoms with van der Waals surface area (Å²) in [5, 5.41) is 4.15. The quantitative estimate of drug-likeness (QED) is 0.694. The molecule has 1 heterocycles. The first kappa shape index (κ1) is 9.65. The normalized spacial score (nSPS) is 10.3. The summed E-state index contributed by atoms with van der Waals surface area (Å²) in [6.07, 6.45) is 0. The molecule has 0 aliphatic carbocycles. The summed E-state index contributed by atoms with van der Waals surface area (Å²) in [5.41, 5.74) is 2.16. The minimum absolute atomic E-state index is 0.0284. The summed E-state index contributed by atoms with van der Waals surface area (Å²) < 4.78 is 1.70. The molecular weight excluding hydrogens is 188 g/mol. The Morgan fingerprint density at radius 1 is 1.27 bits per heavy atom. The summed E-state index contributed by atoms with van der Waals surface area (Å²) in [7, 11) is 1.83. The zero-order valence-corrected chi connectivity index (χ0v) is 8.77. The molecule has 15 heavy (non-hydrogen) atoms. The van der Waals surface area contributed by atoms with E-state index >= 15 is 0 Å². The van der Waals surface area contributed by atoms with Gasteiger partial charge in [0.15, 0.2) is 0 Å². The second-order valence-corrected chi connectivity index (χ2v) is 3.49. The third-order valence-corrected chi connectivity index (χ3v) is 2.38. The number of hydrogen-bond donors (Lipinski definition) is 0. The fraction of sp³-hybridized carbons (Fsp3) is 0.167. The van der Waals surface area contributed by atoms with Crippen LogP contribution in [-0.2, 0) is 7.05 Å². The van der Waals surface area contributed by atoms with Gasteiger partial charge in [-0.2, -0.15) is 5.10 Å². The lowest BCUT2D eigenvalue weighted by Crippen LogP contribution is -2.02. The molecule has 0 radical (unpaired) electrons. The molecule has 0 saturated heterocycles. The Balaban J connectivity index is 2.37. The Morgan fingerprint density at radius 3 is 2.47 bits per heavy atom. The van der Waals surface area contributed by atoms with Crippen molar-refractivity contribution in [3.05, 3.63) is 53.3 Å². The molecule has 0 unspecified atom stereocenters. The van der Waals surface area contributed by atoms with Gasteiger partial charge in [0.05, 0.1) is 0 Å². The zero-order valence-electron chi connectivity index (χ0n) is 8.77. The summed E-state index contributed by atoms with van der Waals surface area (Å²) >= 11 is 0. The lowest BCUT2D eigenvalue weighted by Gasteiger charge is -1.95. The van der Waals surface area contributed by atoms with E-state index in [9.17, 15) is 4.79 Å². The maximum Gasteiger partial charge on any atom is 0.213 e. The molecule has 3 nitrogen and oxygen atoms in total. The standard InChI is InChI=1S/C12H12N2O/c1-9-8-11(13-14(9)2)12(15)10-6-4-3-5-7-10/h3-8H,1-2H3. The molecule has 3 heteroatoms. The molecule has 2 aromatic rings. The van der Waals surface area contributed by atoms with Crippen molar-refractivity contribution in [3.8, 4) is 0 Å². The van der Waals surface area contributed by atoms with Crippen molar-refractivity contribution < 1.29 is 4.79 Å². The van der Waals surface area contributed by atoms with Gasteiger partial charge in [-0.25, -0.2) is 0 Å². The van der Waals surface area contributed by atoms with E-state index < -0.39 is 0 Å². The number of nitrogens with zero attached hydrogens (tertiary/aromatic N) is 2. The minimum Gasteiger partial charge on any atom is -0.287 e. The van der Waals surface area contributed by atoms with Crippen molar-refractivity contribution in [1.29, 1.82) is 0 Å². The lowest BCUT2D eigenvalue weighted by atomic mass is 10.1. The number of carbonyl (C=O) groups excluding carboxylic acids is 1. The molecule has 0 bridgehead atoms. The van der Waals surface area contributed by atoms with Crippen molar-refractivity contribution in [1.82, 2.24) is 9.78 Å². The third-order valence-electron chi connectivity index (χ3n) is 2.38. The van der Waals surface area contributed by atoms with Crippen LogP contribution in [0.15, 0.2) is 36.4 Å². The number of rotatable bonds is 2. The third kappa shape index (κ3) is 1.81. The van der Waals surface area contributed by atoms with Gasteiger partial charge in [0, 0.05) is 18.3 Å². The summed E-state index contributed by atoms with van der Waals surface area (Å²) in [4.78, 5) is 11.9. The fourth-order valence-corrected chi connectivity index (χ4v) is 1.41. The van der Waals surface area contributed by atoms with Gasteiger partial charge < -0.3 is 0 Å². The molecule has 0 spiro atoms. The highest BCUT2D eigenvalue weighted by Crippen LogP contribution is 2.09. The minimum atomic E-state index is -0.0284. The largest absolute Gasteiger partial charge is 0.287 e. The van der Waals surface area contributed by atoms with Crippen molar-refractivity contribution in [3.63, 3.8) is 0 Å². The van der Waals surface area contributed by atoms with Gasteiger partial charge in [-0.3, -0.25) is 9.48 Å². The first-order chi connectivity index (χ1) is 7.18. The number of benzene rings is 1. The second-order valence-electron chi connectivity index (χ2n) is 3.49. The van der Waals surface area contributed by atoms with Crippen molar-refractivity contribution in [2.45, 2.75) is 6.92 Å². The van der Waals surface area contributed by atoms with Crippen LogP contribution in [-0.4, -0.2) is 15.6 Å². The van der Waals surface area contributed by atoms with Crippen LogP contribution in [0.3, 0.4) is 0 Å². The first-order valence-corrected chi connectivity index (χ1v) is 4.79. The number of aromatic nitrogens is 2. The predicted molar refractivity (Wildman–Crippen MR) is 57.8 cm³/mol. The van der Waals surface area contributed by atoms with Gasteiger partial charge in [0.2, 0.25) is 5.78 Å². The number of aryl methyl sites for hydroxylation is 2. The average Bonchev–Trinajstić information content (AvgIpc) is 2.59. The molecule has 1 aromatic heterocycles. The molecule has 0 aliphatic rings. The summed E-state index contributed by atoms with van der Waals surface area (Å²) in [5.74, 6) is -0.0284. The number of ketones is 1. The lowest BCUT2D eigenvalue weighted by molar-refractivity contribution is 0.103. The highest BCUT2D eigenvalue weighted by molar-refractivity contribution is 6.07. The number of hydrogen-bond acceptors (Lipinski definition) is 2. The van der Waals surface area contributed by atoms with Crippen LogP contribution < -0.4 is 0 Å². The molecule has 0 atom stereocenters. The van der Waals surface area contributed by atoms with Crippen molar-refractivity contribution in [2.75, 3.05) is 0 Å². The monoisotopic (exact) mass is 200 g/mol. The molecule has 0 amide bonds. The second kappa shape index (κ2) is 3.69. The Bertz CT molecular complexity index is 466. The Kier molecular flexibility index (Phi) is 2.37. The van der Waals surface area contributed by atoms with E-state index in [1.54, 1.807) is 22.9 Å². The average molecular weight is 200 g/mol. The van der Waals surface area contributed by atoms with Gasteiger partial charge in [-0.15, -0.1) is 0 Å².